The molecule has 0 aliphatic rings. The maximum atomic E-state index is 13.5. The van der Waals surface area contributed by atoms with Gasteiger partial charge in [0.05, 0.1) is 7.11 Å². The third-order valence-corrected chi connectivity index (χ3v) is 8.04. The Morgan fingerprint density at radius 2 is 1.56 bits per heavy atom. The minimum absolute atomic E-state index is 0.0146. The highest BCUT2D eigenvalue weighted by molar-refractivity contribution is 5.87. The first-order chi connectivity index (χ1) is 22.2. The van der Waals surface area contributed by atoms with Gasteiger partial charge in [-0.3, -0.25) is 9.78 Å². The number of fused-ring (bicyclic) bond motifs is 1. The second-order valence-electron chi connectivity index (χ2n) is 11.1. The Hall–Kier alpha value is -5.36. The monoisotopic (exact) mass is 595 g/mol. The molecule has 226 valence electrons. The minimum atomic E-state index is -0.209. The number of nitrogens with zero attached hydrogens (tertiary/aromatic N) is 2. The van der Waals surface area contributed by atoms with Gasteiger partial charge in [0.2, 0.25) is 5.91 Å². The quantitative estimate of drug-likeness (QED) is 0.150. The third kappa shape index (κ3) is 7.42. The standard InChI is InChI=1S/C39H37N3O3/c1-44-38-24-31(19-20-37(38)45-28-30-14-6-3-7-15-30)34(25-39(43)41-23-21-32-16-10-11-22-40-32)35-27-42(26-29-12-4-2-5-13-29)36-18-9-8-17-33(35)36/h2-20,22,24,27,34H,21,23,25-26,28H2,1H3,(H,41,43)/t34-/m1/s1. The largest absolute Gasteiger partial charge is 0.493 e. The number of aromatic nitrogens is 2. The smallest absolute Gasteiger partial charge is 0.220 e. The molecule has 2 heterocycles. The Morgan fingerprint density at radius 3 is 2.31 bits per heavy atom. The summed E-state index contributed by atoms with van der Waals surface area (Å²) in [6.07, 6.45) is 4.94. The van der Waals surface area contributed by atoms with E-state index in [0.717, 1.165) is 39.8 Å². The summed E-state index contributed by atoms with van der Waals surface area (Å²) in [6, 6.07) is 40.8. The van der Waals surface area contributed by atoms with Gasteiger partial charge in [0.25, 0.3) is 0 Å². The lowest BCUT2D eigenvalue weighted by atomic mass is 9.87. The zero-order valence-electron chi connectivity index (χ0n) is 25.4. The van der Waals surface area contributed by atoms with Crippen LogP contribution in [0.5, 0.6) is 11.5 Å². The van der Waals surface area contributed by atoms with Crippen molar-refractivity contribution < 1.29 is 14.3 Å². The fourth-order valence-corrected chi connectivity index (χ4v) is 5.76. The fraction of sp³-hybridized carbons (Fsp3) is 0.179. The average Bonchev–Trinajstić information content (AvgIpc) is 3.45. The second kappa shape index (κ2) is 14.4. The van der Waals surface area contributed by atoms with E-state index in [1.165, 1.54) is 5.56 Å². The number of methoxy groups -OCH3 is 1. The minimum Gasteiger partial charge on any atom is -0.493 e. The zero-order chi connectivity index (χ0) is 30.8. The molecule has 6 nitrogen and oxygen atoms in total. The Balaban J connectivity index is 1.31. The highest BCUT2D eigenvalue weighted by atomic mass is 16.5. The van der Waals surface area contributed by atoms with Crippen LogP contribution in [0.4, 0.5) is 0 Å². The number of carbonyl (C=O) groups excluding carboxylic acids is 1. The van der Waals surface area contributed by atoms with E-state index in [4.69, 9.17) is 9.47 Å². The number of pyridine rings is 1. The summed E-state index contributed by atoms with van der Waals surface area (Å²) in [5, 5.41) is 4.26. The Bertz CT molecular complexity index is 1840. The summed E-state index contributed by atoms with van der Waals surface area (Å²) >= 11 is 0. The lowest BCUT2D eigenvalue weighted by Gasteiger charge is -2.19. The predicted molar refractivity (Wildman–Crippen MR) is 179 cm³/mol. The fourth-order valence-electron chi connectivity index (χ4n) is 5.76. The van der Waals surface area contributed by atoms with Gasteiger partial charge >= 0.3 is 0 Å². The van der Waals surface area contributed by atoms with Gasteiger partial charge in [0, 0.05) is 60.8 Å². The van der Waals surface area contributed by atoms with Crippen LogP contribution < -0.4 is 14.8 Å². The second-order valence-corrected chi connectivity index (χ2v) is 11.1. The molecular weight excluding hydrogens is 558 g/mol. The lowest BCUT2D eigenvalue weighted by Crippen LogP contribution is -2.27. The lowest BCUT2D eigenvalue weighted by molar-refractivity contribution is -0.121. The van der Waals surface area contributed by atoms with E-state index in [1.54, 1.807) is 13.3 Å². The highest BCUT2D eigenvalue weighted by Crippen LogP contribution is 2.39. The van der Waals surface area contributed by atoms with Crippen molar-refractivity contribution in [3.05, 3.63) is 162 Å². The predicted octanol–water partition coefficient (Wildman–Crippen LogP) is 7.55. The van der Waals surface area contributed by atoms with Gasteiger partial charge < -0.3 is 19.4 Å². The van der Waals surface area contributed by atoms with Crippen LogP contribution in [0.15, 0.2) is 134 Å². The van der Waals surface area contributed by atoms with Crippen LogP contribution in [0.25, 0.3) is 10.9 Å². The molecule has 0 bridgehead atoms. The molecule has 1 N–H and O–H groups in total. The molecule has 2 aromatic heterocycles. The number of amides is 1. The number of hydrogen-bond donors (Lipinski definition) is 1. The number of carbonyl (C=O) groups is 1. The summed E-state index contributed by atoms with van der Waals surface area (Å²) < 4.78 is 14.2. The van der Waals surface area contributed by atoms with E-state index in [1.807, 2.05) is 66.7 Å². The summed E-state index contributed by atoms with van der Waals surface area (Å²) in [5.41, 5.74) is 6.47. The third-order valence-electron chi connectivity index (χ3n) is 8.04. The van der Waals surface area contributed by atoms with Gasteiger partial charge in [0.1, 0.15) is 6.61 Å². The van der Waals surface area contributed by atoms with Gasteiger partial charge in [-0.1, -0.05) is 91.0 Å². The first kappa shape index (κ1) is 29.7. The summed E-state index contributed by atoms with van der Waals surface area (Å²) in [7, 11) is 1.65. The summed E-state index contributed by atoms with van der Waals surface area (Å²) in [6.45, 7) is 1.69. The number of ether oxygens (including phenoxy) is 2. The molecule has 1 amide bonds. The van der Waals surface area contributed by atoms with Crippen LogP contribution in [0.3, 0.4) is 0 Å². The molecule has 0 fully saturated rings. The average molecular weight is 596 g/mol. The Morgan fingerprint density at radius 1 is 0.822 bits per heavy atom. The highest BCUT2D eigenvalue weighted by Gasteiger charge is 2.24. The molecular formula is C39H37N3O3. The van der Waals surface area contributed by atoms with Crippen LogP contribution in [0.2, 0.25) is 0 Å². The van der Waals surface area contributed by atoms with E-state index >= 15 is 0 Å². The first-order valence-electron chi connectivity index (χ1n) is 15.3. The van der Waals surface area contributed by atoms with E-state index in [9.17, 15) is 4.79 Å². The summed E-state index contributed by atoms with van der Waals surface area (Å²) in [4.78, 5) is 17.9. The normalized spacial score (nSPS) is 11.7. The van der Waals surface area contributed by atoms with Crippen molar-refractivity contribution in [2.75, 3.05) is 13.7 Å². The van der Waals surface area contributed by atoms with Crippen LogP contribution in [-0.2, 0) is 24.4 Å². The number of para-hydroxylation sites is 1. The maximum absolute atomic E-state index is 13.5. The summed E-state index contributed by atoms with van der Waals surface area (Å²) in [5.74, 6) is 1.07. The zero-order valence-corrected chi connectivity index (χ0v) is 25.4. The molecule has 6 aromatic rings. The molecule has 4 aromatic carbocycles. The maximum Gasteiger partial charge on any atom is 0.220 e. The molecule has 0 saturated heterocycles. The van der Waals surface area contributed by atoms with Crippen LogP contribution in [-0.4, -0.2) is 29.1 Å². The van der Waals surface area contributed by atoms with E-state index in [0.29, 0.717) is 31.1 Å². The molecule has 6 rings (SSSR count). The molecule has 45 heavy (non-hydrogen) atoms. The van der Waals surface area contributed by atoms with E-state index in [-0.39, 0.29) is 18.2 Å². The van der Waals surface area contributed by atoms with Crippen molar-refractivity contribution in [1.82, 2.24) is 14.9 Å². The Labute approximate surface area is 264 Å². The van der Waals surface area contributed by atoms with E-state index < -0.39 is 0 Å². The van der Waals surface area contributed by atoms with Gasteiger partial charge in [-0.2, -0.15) is 0 Å². The van der Waals surface area contributed by atoms with Crippen molar-refractivity contribution in [2.45, 2.75) is 31.9 Å². The van der Waals surface area contributed by atoms with Gasteiger partial charge in [-0.25, -0.2) is 0 Å². The van der Waals surface area contributed by atoms with Crippen molar-refractivity contribution >= 4 is 16.8 Å². The number of nitrogens with one attached hydrogen (secondary N) is 1. The van der Waals surface area contributed by atoms with E-state index in [2.05, 4.69) is 75.7 Å². The molecule has 0 aliphatic heterocycles. The molecule has 0 saturated carbocycles. The van der Waals surface area contributed by atoms with Crippen LogP contribution in [0.1, 0.15) is 40.3 Å². The molecule has 1 atom stereocenters. The number of rotatable bonds is 13. The molecule has 6 heteroatoms. The topological polar surface area (TPSA) is 65.4 Å². The molecule has 0 spiro atoms. The van der Waals surface area contributed by atoms with Gasteiger partial charge in [-0.05, 0) is 52.6 Å². The van der Waals surface area contributed by atoms with Crippen molar-refractivity contribution in [1.29, 1.82) is 0 Å². The van der Waals surface area contributed by atoms with Crippen molar-refractivity contribution in [2.24, 2.45) is 0 Å². The number of benzene rings is 4. The van der Waals surface area contributed by atoms with Crippen molar-refractivity contribution in [3.63, 3.8) is 0 Å². The van der Waals surface area contributed by atoms with Gasteiger partial charge in [-0.15, -0.1) is 0 Å². The Kier molecular flexibility index (Phi) is 9.51. The van der Waals surface area contributed by atoms with Gasteiger partial charge in [0.15, 0.2) is 11.5 Å². The first-order valence-corrected chi connectivity index (χ1v) is 15.3. The van der Waals surface area contributed by atoms with Crippen LogP contribution >= 0.6 is 0 Å². The van der Waals surface area contributed by atoms with Crippen molar-refractivity contribution in [3.8, 4) is 11.5 Å². The SMILES string of the molecule is COc1cc([C@@H](CC(=O)NCCc2ccccn2)c2cn(Cc3ccccc3)c3ccccc23)ccc1OCc1ccccc1. The molecule has 0 aliphatic carbocycles. The molecule has 0 unspecified atom stereocenters. The molecule has 0 radical (unpaired) electrons. The van der Waals surface area contributed by atoms with Crippen LogP contribution in [0, 0.1) is 0 Å². The number of hydrogen-bond acceptors (Lipinski definition) is 4.